The number of benzene rings is 1. The van der Waals surface area contributed by atoms with Crippen LogP contribution in [0.5, 0.6) is 0 Å². The molecule has 2 aromatic rings. The molecule has 0 saturated carbocycles. The fourth-order valence-electron chi connectivity index (χ4n) is 1.74. The van der Waals surface area contributed by atoms with Gasteiger partial charge in [-0.3, -0.25) is 0 Å². The molecule has 1 N–H and O–H groups in total. The van der Waals surface area contributed by atoms with Gasteiger partial charge in [0.1, 0.15) is 0 Å². The van der Waals surface area contributed by atoms with Gasteiger partial charge < -0.3 is 5.11 Å². The summed E-state index contributed by atoms with van der Waals surface area (Å²) in [5.41, 5.74) is 2.20. The molecule has 1 atom stereocenters. The quantitative estimate of drug-likeness (QED) is 0.926. The largest absolute Gasteiger partial charge is 0.391 e. The highest BCUT2D eigenvalue weighted by Gasteiger charge is 2.23. The SMILES string of the molecule is Cc1ccc(Cc2nnn(C[C@H](O)C(C)(C)C)n2)cc1. The van der Waals surface area contributed by atoms with E-state index in [1.807, 2.05) is 20.8 Å². The van der Waals surface area contributed by atoms with E-state index in [2.05, 4.69) is 46.6 Å². The van der Waals surface area contributed by atoms with Crippen LogP contribution in [0.2, 0.25) is 0 Å². The lowest BCUT2D eigenvalue weighted by molar-refractivity contribution is 0.0409. The van der Waals surface area contributed by atoms with E-state index in [-0.39, 0.29) is 5.41 Å². The molecule has 0 bridgehead atoms. The fourth-order valence-corrected chi connectivity index (χ4v) is 1.74. The molecular formula is C15H22N4O. The van der Waals surface area contributed by atoms with E-state index in [9.17, 15) is 5.11 Å². The molecule has 0 aliphatic rings. The molecule has 108 valence electrons. The second kappa shape index (κ2) is 5.71. The van der Waals surface area contributed by atoms with Gasteiger partial charge in [-0.15, -0.1) is 10.2 Å². The average molecular weight is 274 g/mol. The summed E-state index contributed by atoms with van der Waals surface area (Å²) in [6.45, 7) is 8.39. The van der Waals surface area contributed by atoms with Crippen LogP contribution in [0.4, 0.5) is 0 Å². The molecule has 0 aliphatic carbocycles. The Morgan fingerprint density at radius 2 is 1.85 bits per heavy atom. The van der Waals surface area contributed by atoms with Crippen molar-refractivity contribution in [3.05, 3.63) is 41.2 Å². The van der Waals surface area contributed by atoms with Crippen molar-refractivity contribution in [2.75, 3.05) is 0 Å². The van der Waals surface area contributed by atoms with E-state index in [0.717, 1.165) is 5.56 Å². The molecule has 1 aromatic heterocycles. The van der Waals surface area contributed by atoms with Gasteiger partial charge in [-0.1, -0.05) is 50.6 Å². The van der Waals surface area contributed by atoms with Crippen molar-refractivity contribution in [2.45, 2.75) is 46.8 Å². The molecule has 0 fully saturated rings. The van der Waals surface area contributed by atoms with Crippen molar-refractivity contribution in [3.63, 3.8) is 0 Å². The molecule has 1 aromatic carbocycles. The summed E-state index contributed by atoms with van der Waals surface area (Å²) in [5, 5.41) is 22.4. The number of aliphatic hydroxyl groups excluding tert-OH is 1. The Kier molecular flexibility index (Phi) is 4.18. The molecule has 1 heterocycles. The molecule has 5 heteroatoms. The van der Waals surface area contributed by atoms with Crippen LogP contribution in [0, 0.1) is 12.3 Å². The van der Waals surface area contributed by atoms with Crippen molar-refractivity contribution < 1.29 is 5.11 Å². The molecule has 0 aliphatic heterocycles. The molecule has 0 radical (unpaired) electrons. The lowest BCUT2D eigenvalue weighted by Crippen LogP contribution is -2.31. The highest BCUT2D eigenvalue weighted by atomic mass is 16.3. The van der Waals surface area contributed by atoms with Gasteiger partial charge in [0.05, 0.1) is 12.6 Å². The van der Waals surface area contributed by atoms with Crippen LogP contribution >= 0.6 is 0 Å². The second-order valence-corrected chi connectivity index (χ2v) is 6.30. The Morgan fingerprint density at radius 1 is 1.20 bits per heavy atom. The molecule has 0 spiro atoms. The van der Waals surface area contributed by atoms with Gasteiger partial charge in [-0.05, 0) is 23.1 Å². The number of nitrogens with zero attached hydrogens (tertiary/aromatic N) is 4. The van der Waals surface area contributed by atoms with Gasteiger partial charge in [-0.2, -0.15) is 4.80 Å². The van der Waals surface area contributed by atoms with Crippen LogP contribution in [-0.4, -0.2) is 31.4 Å². The summed E-state index contributed by atoms with van der Waals surface area (Å²) in [6, 6.07) is 8.28. The van der Waals surface area contributed by atoms with Crippen LogP contribution in [0.1, 0.15) is 37.7 Å². The zero-order chi connectivity index (χ0) is 14.8. The minimum atomic E-state index is -0.496. The lowest BCUT2D eigenvalue weighted by Gasteiger charge is -2.24. The Balaban J connectivity index is 2.00. The van der Waals surface area contributed by atoms with Crippen molar-refractivity contribution in [2.24, 2.45) is 5.41 Å². The maximum atomic E-state index is 10.0. The number of aromatic nitrogens is 4. The number of aliphatic hydroxyl groups is 1. The van der Waals surface area contributed by atoms with Crippen molar-refractivity contribution >= 4 is 0 Å². The molecule has 0 amide bonds. The second-order valence-electron chi connectivity index (χ2n) is 6.30. The van der Waals surface area contributed by atoms with Crippen LogP contribution in [-0.2, 0) is 13.0 Å². The number of hydrogen-bond donors (Lipinski definition) is 1. The summed E-state index contributed by atoms with van der Waals surface area (Å²) in [5.74, 6) is 0.676. The first-order valence-electron chi connectivity index (χ1n) is 6.85. The van der Waals surface area contributed by atoms with Gasteiger partial charge in [0, 0.05) is 6.42 Å². The zero-order valence-electron chi connectivity index (χ0n) is 12.5. The third-order valence-electron chi connectivity index (χ3n) is 3.31. The highest BCUT2D eigenvalue weighted by molar-refractivity contribution is 5.23. The van der Waals surface area contributed by atoms with E-state index in [1.54, 1.807) is 0 Å². The van der Waals surface area contributed by atoms with Gasteiger partial charge in [0.25, 0.3) is 0 Å². The van der Waals surface area contributed by atoms with Crippen LogP contribution in [0.15, 0.2) is 24.3 Å². The van der Waals surface area contributed by atoms with Crippen LogP contribution in [0.3, 0.4) is 0 Å². The maximum absolute atomic E-state index is 10.0. The van der Waals surface area contributed by atoms with E-state index >= 15 is 0 Å². The van der Waals surface area contributed by atoms with Crippen molar-refractivity contribution in [1.82, 2.24) is 20.2 Å². The Bertz CT molecular complexity index is 554. The van der Waals surface area contributed by atoms with Gasteiger partial charge in [0.15, 0.2) is 5.82 Å². The van der Waals surface area contributed by atoms with E-state index in [1.165, 1.54) is 10.4 Å². The molecule has 5 nitrogen and oxygen atoms in total. The third-order valence-corrected chi connectivity index (χ3v) is 3.31. The molecule has 2 rings (SSSR count). The highest BCUT2D eigenvalue weighted by Crippen LogP contribution is 2.19. The molecular weight excluding hydrogens is 252 g/mol. The predicted octanol–water partition coefficient (Wildman–Crippen LogP) is 1.98. The van der Waals surface area contributed by atoms with E-state index in [0.29, 0.717) is 18.8 Å². The first kappa shape index (κ1) is 14.7. The van der Waals surface area contributed by atoms with Gasteiger partial charge in [-0.25, -0.2) is 0 Å². The van der Waals surface area contributed by atoms with Gasteiger partial charge in [0.2, 0.25) is 0 Å². The Labute approximate surface area is 119 Å². The summed E-state index contributed by atoms with van der Waals surface area (Å²) in [4.78, 5) is 1.47. The number of rotatable bonds is 4. The molecule has 0 unspecified atom stereocenters. The van der Waals surface area contributed by atoms with E-state index in [4.69, 9.17) is 0 Å². The van der Waals surface area contributed by atoms with Crippen LogP contribution in [0.25, 0.3) is 0 Å². The van der Waals surface area contributed by atoms with Crippen molar-refractivity contribution in [1.29, 1.82) is 0 Å². The number of aryl methyl sites for hydroxylation is 1. The molecule has 20 heavy (non-hydrogen) atoms. The van der Waals surface area contributed by atoms with Crippen LogP contribution < -0.4 is 0 Å². The van der Waals surface area contributed by atoms with Crippen molar-refractivity contribution in [3.8, 4) is 0 Å². The first-order chi connectivity index (χ1) is 9.34. The molecule has 0 saturated heterocycles. The topological polar surface area (TPSA) is 63.8 Å². The number of tetrazole rings is 1. The minimum Gasteiger partial charge on any atom is -0.391 e. The van der Waals surface area contributed by atoms with Gasteiger partial charge >= 0.3 is 0 Å². The fraction of sp³-hybridized carbons (Fsp3) is 0.533. The lowest BCUT2D eigenvalue weighted by atomic mass is 9.89. The normalized spacial score (nSPS) is 13.4. The standard InChI is InChI=1S/C15H22N4O/c1-11-5-7-12(8-6-11)9-14-16-18-19(17-14)10-13(20)15(2,3)4/h5-8,13,20H,9-10H2,1-4H3/t13-/m0/s1. The monoisotopic (exact) mass is 274 g/mol. The number of hydrogen-bond acceptors (Lipinski definition) is 4. The summed E-state index contributed by atoms with van der Waals surface area (Å²) >= 11 is 0. The zero-order valence-corrected chi connectivity index (χ0v) is 12.5. The Hall–Kier alpha value is -1.75. The maximum Gasteiger partial charge on any atom is 0.179 e. The minimum absolute atomic E-state index is 0.190. The first-order valence-corrected chi connectivity index (χ1v) is 6.85. The summed E-state index contributed by atoms with van der Waals surface area (Å²) in [7, 11) is 0. The smallest absolute Gasteiger partial charge is 0.179 e. The summed E-state index contributed by atoms with van der Waals surface area (Å²) < 4.78 is 0. The predicted molar refractivity (Wildman–Crippen MR) is 77.3 cm³/mol. The Morgan fingerprint density at radius 3 is 2.45 bits per heavy atom. The summed E-state index contributed by atoms with van der Waals surface area (Å²) in [6.07, 6.45) is 0.162. The van der Waals surface area contributed by atoms with E-state index < -0.39 is 6.10 Å². The average Bonchev–Trinajstić information content (AvgIpc) is 2.78. The third kappa shape index (κ3) is 3.87.